The second-order valence-corrected chi connectivity index (χ2v) is 8.47. The number of halogens is 2. The number of rotatable bonds is 5. The minimum atomic E-state index is -0.566. The highest BCUT2D eigenvalue weighted by atomic mass is 127. The molecule has 1 fully saturated rings. The third-order valence-electron chi connectivity index (χ3n) is 3.85. The summed E-state index contributed by atoms with van der Waals surface area (Å²) in [5.74, 6) is -0.834. The molecule has 2 aromatic carbocycles. The Hall–Kier alpha value is -2.24. The van der Waals surface area contributed by atoms with Crippen LogP contribution in [0.25, 0.3) is 6.08 Å². The molecule has 1 saturated heterocycles. The third-order valence-corrected chi connectivity index (χ3v) is 5.82. The van der Waals surface area contributed by atoms with E-state index in [0.717, 1.165) is 16.7 Å². The molecule has 0 unspecified atom stereocenters. The van der Waals surface area contributed by atoms with E-state index in [9.17, 15) is 19.5 Å². The van der Waals surface area contributed by atoms with Crippen molar-refractivity contribution in [3.05, 3.63) is 55.5 Å². The van der Waals surface area contributed by atoms with Crippen LogP contribution in [-0.2, 0) is 9.59 Å². The Morgan fingerprint density at radius 1 is 1.34 bits per heavy atom. The molecule has 0 spiro atoms. The van der Waals surface area contributed by atoms with Crippen LogP contribution in [0, 0.1) is 3.57 Å². The number of carbonyl (C=O) groups excluding carboxylic acids is 3. The van der Waals surface area contributed by atoms with E-state index in [1.54, 1.807) is 36.4 Å². The number of hydrogen-bond acceptors (Lipinski definition) is 6. The first-order valence-electron chi connectivity index (χ1n) is 8.15. The fourth-order valence-corrected chi connectivity index (χ4v) is 4.18. The second-order valence-electron chi connectivity index (χ2n) is 5.88. The quantitative estimate of drug-likeness (QED) is 0.430. The zero-order valence-corrected chi connectivity index (χ0v) is 18.7. The van der Waals surface area contributed by atoms with Crippen LogP contribution in [0.4, 0.5) is 10.5 Å². The molecule has 0 saturated carbocycles. The van der Waals surface area contributed by atoms with Gasteiger partial charge in [-0.1, -0.05) is 17.7 Å². The van der Waals surface area contributed by atoms with Crippen molar-refractivity contribution in [2.24, 2.45) is 0 Å². The Kier molecular flexibility index (Phi) is 6.70. The zero-order valence-electron chi connectivity index (χ0n) is 14.9. The highest BCUT2D eigenvalue weighted by Gasteiger charge is 2.36. The SMILES string of the molecule is COc1cc(/C=C2/SC(=O)N(CC(=O)Nc3cccc(Cl)c3)C2=O)cc(I)c1O. The summed E-state index contributed by atoms with van der Waals surface area (Å²) in [5.41, 5.74) is 1.05. The first-order chi connectivity index (χ1) is 13.8. The monoisotopic (exact) mass is 544 g/mol. The molecular formula is C19H14ClIN2O5S. The predicted molar refractivity (Wildman–Crippen MR) is 120 cm³/mol. The maximum Gasteiger partial charge on any atom is 0.294 e. The van der Waals surface area contributed by atoms with E-state index >= 15 is 0 Å². The molecule has 0 bridgehead atoms. The Morgan fingerprint density at radius 2 is 2.10 bits per heavy atom. The zero-order chi connectivity index (χ0) is 21.1. The average Bonchev–Trinajstić information content (AvgIpc) is 2.92. The van der Waals surface area contributed by atoms with E-state index < -0.39 is 23.6 Å². The molecule has 29 heavy (non-hydrogen) atoms. The van der Waals surface area contributed by atoms with Gasteiger partial charge in [-0.15, -0.1) is 0 Å². The Balaban J connectivity index is 1.75. The molecule has 2 N–H and O–H groups in total. The van der Waals surface area contributed by atoms with Gasteiger partial charge in [-0.05, 0) is 76.3 Å². The Bertz CT molecular complexity index is 1040. The third kappa shape index (κ3) is 5.03. The van der Waals surface area contributed by atoms with E-state index in [-0.39, 0.29) is 16.4 Å². The van der Waals surface area contributed by atoms with Gasteiger partial charge in [0.25, 0.3) is 11.1 Å². The van der Waals surface area contributed by atoms with Gasteiger partial charge >= 0.3 is 0 Å². The van der Waals surface area contributed by atoms with E-state index in [1.165, 1.54) is 13.2 Å². The lowest BCUT2D eigenvalue weighted by atomic mass is 10.2. The summed E-state index contributed by atoms with van der Waals surface area (Å²) in [6, 6.07) is 9.76. The largest absolute Gasteiger partial charge is 0.504 e. The maximum atomic E-state index is 12.6. The van der Waals surface area contributed by atoms with E-state index in [2.05, 4.69) is 5.32 Å². The number of methoxy groups -OCH3 is 1. The number of phenolic OH excluding ortho intramolecular Hbond substituents is 1. The summed E-state index contributed by atoms with van der Waals surface area (Å²) in [6.45, 7) is -0.412. The lowest BCUT2D eigenvalue weighted by molar-refractivity contribution is -0.127. The molecule has 3 amide bonds. The lowest BCUT2D eigenvalue weighted by Gasteiger charge is -2.12. The summed E-state index contributed by atoms with van der Waals surface area (Å²) in [5, 5.41) is 12.4. The molecule has 7 nitrogen and oxygen atoms in total. The highest BCUT2D eigenvalue weighted by Crippen LogP contribution is 2.36. The molecule has 1 aliphatic rings. The van der Waals surface area contributed by atoms with Crippen molar-refractivity contribution in [2.75, 3.05) is 19.0 Å². The van der Waals surface area contributed by atoms with E-state index in [4.69, 9.17) is 16.3 Å². The molecule has 2 aromatic rings. The number of phenols is 1. The molecule has 1 aliphatic heterocycles. The lowest BCUT2D eigenvalue weighted by Crippen LogP contribution is -2.36. The van der Waals surface area contributed by atoms with Crippen molar-refractivity contribution in [1.82, 2.24) is 4.90 Å². The summed E-state index contributed by atoms with van der Waals surface area (Å²) in [6.07, 6.45) is 1.52. The number of aromatic hydroxyl groups is 1. The molecule has 1 heterocycles. The average molecular weight is 545 g/mol. The molecule has 150 valence electrons. The van der Waals surface area contributed by atoms with E-state index in [1.807, 2.05) is 22.6 Å². The van der Waals surface area contributed by atoms with Crippen molar-refractivity contribution < 1.29 is 24.2 Å². The summed E-state index contributed by atoms with van der Waals surface area (Å²) in [7, 11) is 1.42. The molecule has 3 rings (SSSR count). The minimum Gasteiger partial charge on any atom is -0.504 e. The molecule has 10 heteroatoms. The first kappa shape index (κ1) is 21.5. The molecular weight excluding hydrogens is 531 g/mol. The number of benzene rings is 2. The van der Waals surface area contributed by atoms with Crippen molar-refractivity contribution in [1.29, 1.82) is 0 Å². The predicted octanol–water partition coefficient (Wildman–Crippen LogP) is 4.33. The van der Waals surface area contributed by atoms with Crippen LogP contribution in [0.3, 0.4) is 0 Å². The van der Waals surface area contributed by atoms with Crippen molar-refractivity contribution in [3.8, 4) is 11.5 Å². The number of amides is 3. The molecule has 0 aliphatic carbocycles. The van der Waals surface area contributed by atoms with Crippen molar-refractivity contribution >= 4 is 74.8 Å². The van der Waals surface area contributed by atoms with Gasteiger partial charge in [0.2, 0.25) is 5.91 Å². The van der Waals surface area contributed by atoms with Crippen LogP contribution < -0.4 is 10.1 Å². The molecule has 0 radical (unpaired) electrons. The van der Waals surface area contributed by atoms with Crippen LogP contribution in [-0.4, -0.2) is 40.7 Å². The minimum absolute atomic E-state index is 0.00367. The van der Waals surface area contributed by atoms with Gasteiger partial charge < -0.3 is 15.2 Å². The molecule has 0 aromatic heterocycles. The van der Waals surface area contributed by atoms with Gasteiger partial charge in [-0.25, -0.2) is 0 Å². The number of nitrogens with zero attached hydrogens (tertiary/aromatic N) is 1. The Morgan fingerprint density at radius 3 is 2.79 bits per heavy atom. The van der Waals surface area contributed by atoms with Gasteiger partial charge in [-0.3, -0.25) is 19.3 Å². The maximum absolute atomic E-state index is 12.6. The number of imide groups is 1. The number of thioether (sulfide) groups is 1. The van der Waals surface area contributed by atoms with Crippen LogP contribution in [0.2, 0.25) is 5.02 Å². The van der Waals surface area contributed by atoms with Gasteiger partial charge in [0.15, 0.2) is 11.5 Å². The smallest absolute Gasteiger partial charge is 0.294 e. The summed E-state index contributed by atoms with van der Waals surface area (Å²) in [4.78, 5) is 38.1. The topological polar surface area (TPSA) is 95.9 Å². The van der Waals surface area contributed by atoms with Gasteiger partial charge in [0.1, 0.15) is 6.54 Å². The van der Waals surface area contributed by atoms with Gasteiger partial charge in [0, 0.05) is 10.7 Å². The van der Waals surface area contributed by atoms with Crippen LogP contribution in [0.15, 0.2) is 41.3 Å². The number of anilines is 1. The second kappa shape index (κ2) is 9.06. The van der Waals surface area contributed by atoms with Crippen LogP contribution >= 0.6 is 46.0 Å². The first-order valence-corrected chi connectivity index (χ1v) is 10.4. The van der Waals surface area contributed by atoms with Crippen molar-refractivity contribution in [3.63, 3.8) is 0 Å². The van der Waals surface area contributed by atoms with E-state index in [0.29, 0.717) is 19.8 Å². The fourth-order valence-electron chi connectivity index (χ4n) is 2.53. The van der Waals surface area contributed by atoms with Crippen molar-refractivity contribution in [2.45, 2.75) is 0 Å². The van der Waals surface area contributed by atoms with Crippen LogP contribution in [0.1, 0.15) is 5.56 Å². The number of nitrogens with one attached hydrogen (secondary N) is 1. The summed E-state index contributed by atoms with van der Waals surface area (Å²) < 4.78 is 5.64. The Labute approximate surface area is 189 Å². The number of hydrogen-bond donors (Lipinski definition) is 2. The summed E-state index contributed by atoms with van der Waals surface area (Å²) >= 11 is 8.56. The number of ether oxygens (including phenoxy) is 1. The normalized spacial score (nSPS) is 15.1. The standard InChI is InChI=1S/C19H14ClIN2O5S/c1-28-14-6-10(5-13(21)17(14)25)7-15-18(26)23(19(27)29-15)9-16(24)22-12-4-2-3-11(20)8-12/h2-8,25H,9H2,1H3,(H,22,24)/b15-7+. The molecule has 0 atom stereocenters. The van der Waals surface area contributed by atoms with Gasteiger partial charge in [0.05, 0.1) is 15.6 Å². The fraction of sp³-hybridized carbons (Fsp3) is 0.105. The van der Waals surface area contributed by atoms with Crippen LogP contribution in [0.5, 0.6) is 11.5 Å². The number of carbonyl (C=O) groups is 3. The highest BCUT2D eigenvalue weighted by molar-refractivity contribution is 14.1. The van der Waals surface area contributed by atoms with Gasteiger partial charge in [-0.2, -0.15) is 0 Å².